The highest BCUT2D eigenvalue weighted by Gasteiger charge is 2.25. The van der Waals surface area contributed by atoms with Crippen molar-refractivity contribution in [2.45, 2.75) is 33.6 Å². The van der Waals surface area contributed by atoms with Gasteiger partial charge in [-0.2, -0.15) is 0 Å². The normalized spacial score (nSPS) is 20.6. The Labute approximate surface area is 115 Å². The van der Waals surface area contributed by atoms with Crippen molar-refractivity contribution in [1.29, 1.82) is 0 Å². The first-order chi connectivity index (χ1) is 8.95. The molecule has 0 spiro atoms. The van der Waals surface area contributed by atoms with Gasteiger partial charge in [0, 0.05) is 24.7 Å². The zero-order valence-electron chi connectivity index (χ0n) is 12.1. The number of nitrogens with two attached hydrogens (primary N) is 1. The molecule has 2 N–H and O–H groups in total. The first-order valence-electron chi connectivity index (χ1n) is 7.08. The van der Waals surface area contributed by atoms with Gasteiger partial charge in [-0.15, -0.1) is 0 Å². The third-order valence-electron chi connectivity index (χ3n) is 4.03. The SMILES string of the molecule is Cc1cc(C)cc(N2CCC(CC(C)C(N)=O)C2)c1. The summed E-state index contributed by atoms with van der Waals surface area (Å²) in [7, 11) is 0. The van der Waals surface area contributed by atoms with E-state index in [9.17, 15) is 4.79 Å². The number of nitrogens with zero attached hydrogens (tertiary/aromatic N) is 1. The molecule has 1 aliphatic heterocycles. The van der Waals surface area contributed by atoms with Gasteiger partial charge >= 0.3 is 0 Å². The molecule has 1 aromatic carbocycles. The monoisotopic (exact) mass is 260 g/mol. The fourth-order valence-electron chi connectivity index (χ4n) is 3.01. The van der Waals surface area contributed by atoms with Crippen molar-refractivity contribution in [3.63, 3.8) is 0 Å². The number of aryl methyl sites for hydroxylation is 2. The number of anilines is 1. The lowest BCUT2D eigenvalue weighted by Crippen LogP contribution is -2.25. The quantitative estimate of drug-likeness (QED) is 0.904. The summed E-state index contributed by atoms with van der Waals surface area (Å²) in [6.45, 7) is 8.33. The number of benzene rings is 1. The molecule has 1 saturated heterocycles. The van der Waals surface area contributed by atoms with E-state index in [1.807, 2.05) is 6.92 Å². The summed E-state index contributed by atoms with van der Waals surface area (Å²) in [5.41, 5.74) is 9.28. The van der Waals surface area contributed by atoms with Gasteiger partial charge in [0.15, 0.2) is 0 Å². The van der Waals surface area contributed by atoms with Gasteiger partial charge in [0.1, 0.15) is 0 Å². The van der Waals surface area contributed by atoms with E-state index in [0.717, 1.165) is 25.9 Å². The third kappa shape index (κ3) is 3.49. The Morgan fingerprint density at radius 3 is 2.58 bits per heavy atom. The average molecular weight is 260 g/mol. The third-order valence-corrected chi connectivity index (χ3v) is 4.03. The Hall–Kier alpha value is -1.51. The van der Waals surface area contributed by atoms with Crippen LogP contribution in [0.15, 0.2) is 18.2 Å². The van der Waals surface area contributed by atoms with Crippen molar-refractivity contribution in [2.24, 2.45) is 17.6 Å². The number of carbonyl (C=O) groups is 1. The minimum absolute atomic E-state index is 0.0100. The number of rotatable bonds is 4. The highest BCUT2D eigenvalue weighted by Crippen LogP contribution is 2.29. The second-order valence-corrected chi connectivity index (χ2v) is 5.99. The smallest absolute Gasteiger partial charge is 0.220 e. The van der Waals surface area contributed by atoms with Gasteiger partial charge in [0.2, 0.25) is 5.91 Å². The van der Waals surface area contributed by atoms with Crippen LogP contribution < -0.4 is 10.6 Å². The van der Waals surface area contributed by atoms with E-state index in [1.165, 1.54) is 16.8 Å². The summed E-state index contributed by atoms with van der Waals surface area (Å²) in [5, 5.41) is 0. The maximum absolute atomic E-state index is 11.1. The van der Waals surface area contributed by atoms with Crippen molar-refractivity contribution < 1.29 is 4.79 Å². The minimum atomic E-state index is -0.176. The standard InChI is InChI=1S/C16H24N2O/c1-11-6-12(2)8-15(7-11)18-5-4-14(10-18)9-13(3)16(17)19/h6-8,13-14H,4-5,9-10H2,1-3H3,(H2,17,19). The van der Waals surface area contributed by atoms with Crippen LogP contribution in [0.25, 0.3) is 0 Å². The second kappa shape index (κ2) is 5.64. The van der Waals surface area contributed by atoms with E-state index in [4.69, 9.17) is 5.73 Å². The summed E-state index contributed by atoms with van der Waals surface area (Å²) < 4.78 is 0. The van der Waals surface area contributed by atoms with Crippen LogP contribution in [0.5, 0.6) is 0 Å². The summed E-state index contributed by atoms with van der Waals surface area (Å²) >= 11 is 0. The van der Waals surface area contributed by atoms with E-state index in [0.29, 0.717) is 5.92 Å². The average Bonchev–Trinajstić information content (AvgIpc) is 2.76. The van der Waals surface area contributed by atoms with Gasteiger partial charge in [-0.1, -0.05) is 13.0 Å². The Balaban J connectivity index is 2.00. The zero-order chi connectivity index (χ0) is 14.0. The molecule has 0 saturated carbocycles. The fourth-order valence-corrected chi connectivity index (χ4v) is 3.01. The molecule has 2 rings (SSSR count). The second-order valence-electron chi connectivity index (χ2n) is 5.99. The zero-order valence-corrected chi connectivity index (χ0v) is 12.1. The first kappa shape index (κ1) is 13.9. The molecule has 104 valence electrons. The van der Waals surface area contributed by atoms with Crippen molar-refractivity contribution >= 4 is 11.6 Å². The molecule has 3 nitrogen and oxygen atoms in total. The van der Waals surface area contributed by atoms with Crippen LogP contribution in [0, 0.1) is 25.7 Å². The molecule has 1 aliphatic rings. The largest absolute Gasteiger partial charge is 0.371 e. The van der Waals surface area contributed by atoms with Crippen LogP contribution >= 0.6 is 0 Å². The summed E-state index contributed by atoms with van der Waals surface area (Å²) in [5.74, 6) is 0.400. The van der Waals surface area contributed by atoms with Crippen molar-refractivity contribution in [1.82, 2.24) is 0 Å². The lowest BCUT2D eigenvalue weighted by atomic mass is 9.95. The number of hydrogen-bond donors (Lipinski definition) is 1. The van der Waals surface area contributed by atoms with Gasteiger partial charge in [0.05, 0.1) is 0 Å². The van der Waals surface area contributed by atoms with E-state index < -0.39 is 0 Å². The number of carbonyl (C=O) groups excluding carboxylic acids is 1. The molecule has 1 heterocycles. The van der Waals surface area contributed by atoms with Crippen LogP contribution in [0.3, 0.4) is 0 Å². The topological polar surface area (TPSA) is 46.3 Å². The molecule has 19 heavy (non-hydrogen) atoms. The molecule has 2 unspecified atom stereocenters. The molecule has 0 bridgehead atoms. The molecule has 2 atom stereocenters. The first-order valence-corrected chi connectivity index (χ1v) is 7.08. The highest BCUT2D eigenvalue weighted by molar-refractivity contribution is 5.76. The van der Waals surface area contributed by atoms with E-state index >= 15 is 0 Å². The van der Waals surface area contributed by atoms with Crippen LogP contribution in [-0.4, -0.2) is 19.0 Å². The number of primary amides is 1. The summed E-state index contributed by atoms with van der Waals surface area (Å²) in [6.07, 6.45) is 2.07. The molecule has 0 radical (unpaired) electrons. The molecular weight excluding hydrogens is 236 g/mol. The maximum atomic E-state index is 11.1. The fraction of sp³-hybridized carbons (Fsp3) is 0.562. The van der Waals surface area contributed by atoms with Gasteiger partial charge in [-0.25, -0.2) is 0 Å². The van der Waals surface area contributed by atoms with Gasteiger partial charge < -0.3 is 10.6 Å². The van der Waals surface area contributed by atoms with Crippen molar-refractivity contribution in [3.8, 4) is 0 Å². The van der Waals surface area contributed by atoms with Crippen LogP contribution in [0.1, 0.15) is 30.9 Å². The Bertz CT molecular complexity index is 450. The molecule has 1 amide bonds. The van der Waals surface area contributed by atoms with Crippen LogP contribution in [0.4, 0.5) is 5.69 Å². The lowest BCUT2D eigenvalue weighted by Gasteiger charge is -2.20. The molecule has 3 heteroatoms. The van der Waals surface area contributed by atoms with Crippen LogP contribution in [0.2, 0.25) is 0 Å². The summed E-state index contributed by atoms with van der Waals surface area (Å²) in [6, 6.07) is 6.69. The van der Waals surface area contributed by atoms with Crippen molar-refractivity contribution in [2.75, 3.05) is 18.0 Å². The highest BCUT2D eigenvalue weighted by atomic mass is 16.1. The van der Waals surface area contributed by atoms with Gasteiger partial charge in [0.25, 0.3) is 0 Å². The Kier molecular flexibility index (Phi) is 4.13. The maximum Gasteiger partial charge on any atom is 0.220 e. The Morgan fingerprint density at radius 1 is 1.37 bits per heavy atom. The molecule has 1 fully saturated rings. The van der Waals surface area contributed by atoms with Crippen LogP contribution in [-0.2, 0) is 4.79 Å². The van der Waals surface area contributed by atoms with E-state index in [1.54, 1.807) is 0 Å². The predicted octanol–water partition coefficient (Wildman–Crippen LogP) is 2.64. The molecule has 1 aromatic rings. The van der Waals surface area contributed by atoms with Gasteiger partial charge in [-0.3, -0.25) is 4.79 Å². The minimum Gasteiger partial charge on any atom is -0.371 e. The predicted molar refractivity (Wildman–Crippen MR) is 79.2 cm³/mol. The van der Waals surface area contributed by atoms with E-state index in [2.05, 4.69) is 36.9 Å². The molecule has 0 aliphatic carbocycles. The van der Waals surface area contributed by atoms with Gasteiger partial charge in [-0.05, 0) is 55.9 Å². The van der Waals surface area contributed by atoms with E-state index in [-0.39, 0.29) is 11.8 Å². The Morgan fingerprint density at radius 2 is 2.00 bits per heavy atom. The number of amides is 1. The lowest BCUT2D eigenvalue weighted by molar-refractivity contribution is -0.121. The van der Waals surface area contributed by atoms with Crippen molar-refractivity contribution in [3.05, 3.63) is 29.3 Å². The molecule has 0 aromatic heterocycles. The summed E-state index contributed by atoms with van der Waals surface area (Å²) in [4.78, 5) is 13.6. The number of hydrogen-bond acceptors (Lipinski definition) is 2. The molecular formula is C16H24N2O.